The van der Waals surface area contributed by atoms with Gasteiger partial charge in [-0.05, 0) is 17.5 Å². The van der Waals surface area contributed by atoms with Crippen molar-refractivity contribution in [2.24, 2.45) is 0 Å². The van der Waals surface area contributed by atoms with E-state index in [4.69, 9.17) is 0 Å². The van der Waals surface area contributed by atoms with Gasteiger partial charge in [-0.3, -0.25) is 0 Å². The fraction of sp³-hybridized carbons (Fsp3) is 0.333. The molecule has 2 unspecified atom stereocenters. The van der Waals surface area contributed by atoms with Crippen LogP contribution in [0.25, 0.3) is 0 Å². The molecular formula is C9H9BrO. The summed E-state index contributed by atoms with van der Waals surface area (Å²) in [6, 6.07) is 8.03. The molecule has 11 heavy (non-hydrogen) atoms. The van der Waals surface area contributed by atoms with Crippen molar-refractivity contribution in [3.8, 4) is 0 Å². The number of halogens is 1. The monoisotopic (exact) mass is 212 g/mol. The highest BCUT2D eigenvalue weighted by Gasteiger charge is 2.27. The molecule has 1 aliphatic carbocycles. The van der Waals surface area contributed by atoms with Crippen molar-refractivity contribution in [2.75, 3.05) is 0 Å². The van der Waals surface area contributed by atoms with Gasteiger partial charge < -0.3 is 5.11 Å². The second-order valence-electron chi connectivity index (χ2n) is 2.86. The zero-order chi connectivity index (χ0) is 7.84. The van der Waals surface area contributed by atoms with Gasteiger partial charge >= 0.3 is 0 Å². The quantitative estimate of drug-likeness (QED) is 0.654. The molecule has 0 radical (unpaired) electrons. The third-order valence-corrected chi connectivity index (χ3v) is 2.96. The first-order chi connectivity index (χ1) is 5.29. The van der Waals surface area contributed by atoms with E-state index in [0.717, 1.165) is 12.0 Å². The summed E-state index contributed by atoms with van der Waals surface area (Å²) in [6.45, 7) is 0. The summed E-state index contributed by atoms with van der Waals surface area (Å²) in [5.74, 6) is 0. The smallest absolute Gasteiger partial charge is 0.0920 e. The number of fused-ring (bicyclic) bond motifs is 1. The Hall–Kier alpha value is -0.340. The van der Waals surface area contributed by atoms with Gasteiger partial charge in [0, 0.05) is 4.83 Å². The van der Waals surface area contributed by atoms with Gasteiger partial charge in [0.05, 0.1) is 6.10 Å². The lowest BCUT2D eigenvalue weighted by molar-refractivity contribution is 0.187. The van der Waals surface area contributed by atoms with Gasteiger partial charge in [-0.25, -0.2) is 0 Å². The summed E-state index contributed by atoms with van der Waals surface area (Å²) in [4.78, 5) is 0.208. The number of aliphatic hydroxyl groups is 1. The summed E-state index contributed by atoms with van der Waals surface area (Å²) < 4.78 is 0. The first kappa shape index (κ1) is 7.32. The zero-order valence-electron chi connectivity index (χ0n) is 6.00. The van der Waals surface area contributed by atoms with Crippen molar-refractivity contribution in [1.82, 2.24) is 0 Å². The molecule has 1 aliphatic rings. The molecule has 58 valence electrons. The van der Waals surface area contributed by atoms with Gasteiger partial charge in [0.2, 0.25) is 0 Å². The Labute approximate surface area is 74.2 Å². The van der Waals surface area contributed by atoms with E-state index in [-0.39, 0.29) is 10.9 Å². The fourth-order valence-electron chi connectivity index (χ4n) is 1.53. The van der Waals surface area contributed by atoms with Gasteiger partial charge in [-0.15, -0.1) is 0 Å². The Morgan fingerprint density at radius 1 is 1.36 bits per heavy atom. The van der Waals surface area contributed by atoms with Crippen molar-refractivity contribution < 1.29 is 5.11 Å². The average molecular weight is 213 g/mol. The molecule has 1 aromatic rings. The second-order valence-corrected chi connectivity index (χ2v) is 4.04. The summed E-state index contributed by atoms with van der Waals surface area (Å²) in [7, 11) is 0. The van der Waals surface area contributed by atoms with E-state index in [1.165, 1.54) is 5.56 Å². The summed E-state index contributed by atoms with van der Waals surface area (Å²) >= 11 is 3.43. The topological polar surface area (TPSA) is 20.2 Å². The molecule has 0 fully saturated rings. The average Bonchev–Trinajstić information content (AvgIpc) is 2.30. The van der Waals surface area contributed by atoms with Crippen LogP contribution in [-0.4, -0.2) is 9.93 Å². The molecule has 0 bridgehead atoms. The molecule has 2 rings (SSSR count). The van der Waals surface area contributed by atoms with E-state index >= 15 is 0 Å². The summed E-state index contributed by atoms with van der Waals surface area (Å²) in [5.41, 5.74) is 2.34. The SMILES string of the molecule is OC1c2ccccc2CC1Br. The van der Waals surface area contributed by atoms with Crippen LogP contribution in [0.5, 0.6) is 0 Å². The van der Waals surface area contributed by atoms with Crippen LogP contribution in [0.4, 0.5) is 0 Å². The number of alkyl halides is 1. The molecule has 0 saturated carbocycles. The number of aliphatic hydroxyl groups excluding tert-OH is 1. The molecule has 1 aromatic carbocycles. The lowest BCUT2D eigenvalue weighted by Crippen LogP contribution is -2.03. The summed E-state index contributed by atoms with van der Waals surface area (Å²) in [6.07, 6.45) is 0.628. The van der Waals surface area contributed by atoms with Gasteiger partial charge in [-0.1, -0.05) is 40.2 Å². The minimum absolute atomic E-state index is 0.208. The first-order valence-electron chi connectivity index (χ1n) is 3.69. The van der Waals surface area contributed by atoms with E-state index < -0.39 is 0 Å². The van der Waals surface area contributed by atoms with Crippen LogP contribution in [0, 0.1) is 0 Å². The van der Waals surface area contributed by atoms with Crippen LogP contribution in [0.15, 0.2) is 24.3 Å². The van der Waals surface area contributed by atoms with E-state index in [0.29, 0.717) is 0 Å². The van der Waals surface area contributed by atoms with Crippen LogP contribution >= 0.6 is 15.9 Å². The predicted molar refractivity (Wildman–Crippen MR) is 47.8 cm³/mol. The second kappa shape index (κ2) is 2.61. The molecule has 0 aliphatic heterocycles. The molecule has 2 atom stereocenters. The number of hydrogen-bond donors (Lipinski definition) is 1. The first-order valence-corrected chi connectivity index (χ1v) is 4.60. The highest BCUT2D eigenvalue weighted by molar-refractivity contribution is 9.09. The number of hydrogen-bond acceptors (Lipinski definition) is 1. The normalized spacial score (nSPS) is 28.5. The van der Waals surface area contributed by atoms with Crippen molar-refractivity contribution in [1.29, 1.82) is 0 Å². The number of rotatable bonds is 0. The molecule has 0 heterocycles. The maximum Gasteiger partial charge on any atom is 0.0920 e. The van der Waals surface area contributed by atoms with Crippen molar-refractivity contribution in [2.45, 2.75) is 17.4 Å². The van der Waals surface area contributed by atoms with E-state index in [1.807, 2.05) is 18.2 Å². The standard InChI is InChI=1S/C9H9BrO/c10-8-5-6-3-1-2-4-7(6)9(8)11/h1-4,8-9,11H,5H2. The Kier molecular flexibility index (Phi) is 1.74. The molecule has 0 aromatic heterocycles. The molecule has 0 saturated heterocycles. The maximum atomic E-state index is 9.60. The van der Waals surface area contributed by atoms with E-state index in [9.17, 15) is 5.11 Å². The Morgan fingerprint density at radius 3 is 2.82 bits per heavy atom. The molecule has 1 nitrogen and oxygen atoms in total. The molecule has 0 amide bonds. The van der Waals surface area contributed by atoms with Crippen LogP contribution in [0.2, 0.25) is 0 Å². The van der Waals surface area contributed by atoms with Crippen LogP contribution in [0.3, 0.4) is 0 Å². The Balaban J connectivity index is 2.47. The zero-order valence-corrected chi connectivity index (χ0v) is 7.58. The Bertz CT molecular complexity index is 272. The van der Waals surface area contributed by atoms with Gasteiger partial charge in [0.15, 0.2) is 0 Å². The minimum atomic E-state index is -0.314. The summed E-state index contributed by atoms with van der Waals surface area (Å²) in [5, 5.41) is 9.60. The lowest BCUT2D eigenvalue weighted by Gasteiger charge is -2.05. The molecule has 1 N–H and O–H groups in total. The highest BCUT2D eigenvalue weighted by atomic mass is 79.9. The van der Waals surface area contributed by atoms with Crippen molar-refractivity contribution in [3.05, 3.63) is 35.4 Å². The van der Waals surface area contributed by atoms with Crippen molar-refractivity contribution >= 4 is 15.9 Å². The van der Waals surface area contributed by atoms with Gasteiger partial charge in [0.25, 0.3) is 0 Å². The van der Waals surface area contributed by atoms with Gasteiger partial charge in [0.1, 0.15) is 0 Å². The van der Waals surface area contributed by atoms with E-state index in [1.54, 1.807) is 0 Å². The van der Waals surface area contributed by atoms with Crippen LogP contribution in [0.1, 0.15) is 17.2 Å². The fourth-order valence-corrected chi connectivity index (χ4v) is 2.16. The van der Waals surface area contributed by atoms with Gasteiger partial charge in [-0.2, -0.15) is 0 Å². The largest absolute Gasteiger partial charge is 0.387 e. The third-order valence-electron chi connectivity index (χ3n) is 2.13. The molecular weight excluding hydrogens is 204 g/mol. The lowest BCUT2D eigenvalue weighted by atomic mass is 10.1. The minimum Gasteiger partial charge on any atom is -0.387 e. The van der Waals surface area contributed by atoms with Crippen LogP contribution < -0.4 is 0 Å². The predicted octanol–water partition coefficient (Wildman–Crippen LogP) is 2.04. The van der Waals surface area contributed by atoms with Crippen LogP contribution in [-0.2, 0) is 6.42 Å². The van der Waals surface area contributed by atoms with Crippen molar-refractivity contribution in [3.63, 3.8) is 0 Å². The molecule has 2 heteroatoms. The molecule has 0 spiro atoms. The maximum absolute atomic E-state index is 9.60. The van der Waals surface area contributed by atoms with E-state index in [2.05, 4.69) is 22.0 Å². The third kappa shape index (κ3) is 1.10. The number of benzene rings is 1. The Morgan fingerprint density at radius 2 is 2.09 bits per heavy atom. The highest BCUT2D eigenvalue weighted by Crippen LogP contribution is 2.35.